The maximum Gasteiger partial charge on any atom is 0.306 e. The lowest BCUT2D eigenvalue weighted by Gasteiger charge is -2.15. The number of rotatable bonds is 5. The molecule has 1 atom stereocenters. The molecular formula is C15H18N2O3S. The average Bonchev–Trinajstić information content (AvgIpc) is 2.84. The van der Waals surface area contributed by atoms with Crippen LogP contribution in [0.4, 0.5) is 0 Å². The topological polar surface area (TPSA) is 75.0 Å². The summed E-state index contributed by atoms with van der Waals surface area (Å²) in [6, 6.07) is 7.87. The zero-order chi connectivity index (χ0) is 15.4. The minimum Gasteiger partial charge on any atom is -0.469 e. The van der Waals surface area contributed by atoms with Crippen molar-refractivity contribution in [2.45, 2.75) is 24.2 Å². The molecule has 0 aliphatic heterocycles. The van der Waals surface area contributed by atoms with E-state index < -0.39 is 0 Å². The Morgan fingerprint density at radius 1 is 1.29 bits per heavy atom. The molecule has 0 fully saturated rings. The summed E-state index contributed by atoms with van der Waals surface area (Å²) < 4.78 is 4.76. The van der Waals surface area contributed by atoms with E-state index in [4.69, 9.17) is 4.74 Å². The molecular weight excluding hydrogens is 288 g/mol. The predicted octanol–water partition coefficient (Wildman–Crippen LogP) is 2.43. The quantitative estimate of drug-likeness (QED) is 0.657. The molecule has 1 aromatic carbocycles. The fourth-order valence-corrected chi connectivity index (χ4v) is 2.76. The van der Waals surface area contributed by atoms with Crippen LogP contribution in [-0.4, -0.2) is 29.5 Å². The highest BCUT2D eigenvalue weighted by Crippen LogP contribution is 2.29. The molecule has 0 radical (unpaired) electrons. The van der Waals surface area contributed by atoms with Gasteiger partial charge in [-0.3, -0.25) is 14.7 Å². The molecule has 0 spiro atoms. The second-order valence-corrected chi connectivity index (χ2v) is 5.60. The monoisotopic (exact) mass is 306 g/mol. The van der Waals surface area contributed by atoms with Gasteiger partial charge in [-0.1, -0.05) is 12.1 Å². The van der Waals surface area contributed by atoms with E-state index in [1.54, 1.807) is 11.8 Å². The molecule has 0 unspecified atom stereocenters. The number of methoxy groups -OCH3 is 1. The molecule has 0 saturated heterocycles. The molecule has 21 heavy (non-hydrogen) atoms. The van der Waals surface area contributed by atoms with Crippen molar-refractivity contribution in [3.05, 3.63) is 51.4 Å². The normalized spacial score (nSPS) is 12.1. The van der Waals surface area contributed by atoms with Crippen LogP contribution < -0.4 is 5.56 Å². The maximum atomic E-state index is 12.0. The number of thioether (sulfide) groups is 1. The Kier molecular flexibility index (Phi) is 4.90. The Hall–Kier alpha value is -1.95. The van der Waals surface area contributed by atoms with E-state index in [1.807, 2.05) is 37.4 Å². The number of carbonyl (C=O) groups excluding carboxylic acids is 1. The van der Waals surface area contributed by atoms with Crippen LogP contribution >= 0.6 is 11.8 Å². The zero-order valence-electron chi connectivity index (χ0n) is 12.2. The van der Waals surface area contributed by atoms with Gasteiger partial charge in [-0.2, -0.15) is 0 Å². The summed E-state index contributed by atoms with van der Waals surface area (Å²) >= 11 is 1.65. The van der Waals surface area contributed by atoms with Gasteiger partial charge >= 0.3 is 5.97 Å². The van der Waals surface area contributed by atoms with Crippen LogP contribution in [0.25, 0.3) is 0 Å². The summed E-state index contributed by atoms with van der Waals surface area (Å²) in [6.07, 6.45) is 2.14. The van der Waals surface area contributed by atoms with E-state index in [0.29, 0.717) is 5.56 Å². The Morgan fingerprint density at radius 3 is 2.43 bits per heavy atom. The van der Waals surface area contributed by atoms with Crippen molar-refractivity contribution in [1.82, 2.24) is 10.2 Å². The highest BCUT2D eigenvalue weighted by atomic mass is 32.2. The number of esters is 1. The minimum absolute atomic E-state index is 0.136. The van der Waals surface area contributed by atoms with Crippen LogP contribution in [0.1, 0.15) is 29.2 Å². The molecule has 1 heterocycles. The number of aryl methyl sites for hydroxylation is 1. The van der Waals surface area contributed by atoms with E-state index in [9.17, 15) is 9.59 Å². The molecule has 5 nitrogen and oxygen atoms in total. The third-order valence-corrected chi connectivity index (χ3v) is 4.22. The van der Waals surface area contributed by atoms with Crippen molar-refractivity contribution in [2.24, 2.45) is 0 Å². The third-order valence-electron chi connectivity index (χ3n) is 3.48. The van der Waals surface area contributed by atoms with Gasteiger partial charge in [0.15, 0.2) is 0 Å². The van der Waals surface area contributed by atoms with Crippen LogP contribution in [0.5, 0.6) is 0 Å². The van der Waals surface area contributed by atoms with Gasteiger partial charge in [0.1, 0.15) is 0 Å². The van der Waals surface area contributed by atoms with Gasteiger partial charge in [-0.15, -0.1) is 11.8 Å². The standard InChI is InChI=1S/C15H18N2O3S/c1-9-14(15(19)17-16-9)12(8-13(18)20-2)10-4-6-11(21-3)7-5-10/h4-7,12H,8H2,1-3H3,(H2,16,17,19)/t12-/m0/s1. The third kappa shape index (κ3) is 3.39. The van der Waals surface area contributed by atoms with Crippen molar-refractivity contribution in [2.75, 3.05) is 13.4 Å². The molecule has 112 valence electrons. The molecule has 0 saturated carbocycles. The van der Waals surface area contributed by atoms with Crippen molar-refractivity contribution in [3.63, 3.8) is 0 Å². The number of nitrogens with one attached hydrogen (secondary N) is 2. The van der Waals surface area contributed by atoms with Gasteiger partial charge in [0.05, 0.1) is 13.5 Å². The molecule has 0 aliphatic carbocycles. The van der Waals surface area contributed by atoms with Crippen molar-refractivity contribution < 1.29 is 9.53 Å². The number of hydrogen-bond acceptors (Lipinski definition) is 4. The van der Waals surface area contributed by atoms with Crippen LogP contribution in [0.3, 0.4) is 0 Å². The minimum atomic E-state index is -0.339. The number of benzene rings is 1. The first-order valence-corrected chi connectivity index (χ1v) is 7.77. The van der Waals surface area contributed by atoms with Crippen molar-refractivity contribution >= 4 is 17.7 Å². The van der Waals surface area contributed by atoms with E-state index in [2.05, 4.69) is 10.2 Å². The van der Waals surface area contributed by atoms with Crippen molar-refractivity contribution in [1.29, 1.82) is 0 Å². The molecule has 0 bridgehead atoms. The van der Waals surface area contributed by atoms with E-state index in [1.165, 1.54) is 7.11 Å². The predicted molar refractivity (Wildman–Crippen MR) is 82.8 cm³/mol. The Labute approximate surface area is 127 Å². The first-order valence-electron chi connectivity index (χ1n) is 6.54. The summed E-state index contributed by atoms with van der Waals surface area (Å²) in [5.41, 5.74) is 2.04. The molecule has 2 N–H and O–H groups in total. The smallest absolute Gasteiger partial charge is 0.306 e. The van der Waals surface area contributed by atoms with E-state index in [0.717, 1.165) is 16.2 Å². The lowest BCUT2D eigenvalue weighted by molar-refractivity contribution is -0.140. The molecule has 6 heteroatoms. The Morgan fingerprint density at radius 2 is 1.95 bits per heavy atom. The highest BCUT2D eigenvalue weighted by molar-refractivity contribution is 7.98. The maximum absolute atomic E-state index is 12.0. The number of aromatic amines is 2. The summed E-state index contributed by atoms with van der Waals surface area (Å²) in [5.74, 6) is -0.655. The summed E-state index contributed by atoms with van der Waals surface area (Å²) in [6.45, 7) is 1.81. The van der Waals surface area contributed by atoms with E-state index in [-0.39, 0.29) is 23.9 Å². The summed E-state index contributed by atoms with van der Waals surface area (Å²) in [7, 11) is 1.35. The Balaban J connectivity index is 2.45. The summed E-state index contributed by atoms with van der Waals surface area (Å²) in [5, 5.41) is 5.37. The van der Waals surface area contributed by atoms with Crippen LogP contribution in [-0.2, 0) is 9.53 Å². The zero-order valence-corrected chi connectivity index (χ0v) is 13.0. The SMILES string of the molecule is COC(=O)C[C@@H](c1ccc(SC)cc1)c1c(C)[nH][nH]c1=O. The van der Waals surface area contributed by atoms with Gasteiger partial charge in [0.25, 0.3) is 5.56 Å². The lowest BCUT2D eigenvalue weighted by Crippen LogP contribution is -2.17. The van der Waals surface area contributed by atoms with Crippen LogP contribution in [0.2, 0.25) is 0 Å². The molecule has 0 aliphatic rings. The van der Waals surface area contributed by atoms with Gasteiger partial charge in [0, 0.05) is 22.1 Å². The van der Waals surface area contributed by atoms with E-state index >= 15 is 0 Å². The van der Waals surface area contributed by atoms with Crippen LogP contribution in [0, 0.1) is 6.92 Å². The molecule has 0 amide bonds. The van der Waals surface area contributed by atoms with Crippen LogP contribution in [0.15, 0.2) is 34.0 Å². The highest BCUT2D eigenvalue weighted by Gasteiger charge is 2.24. The molecule has 1 aromatic heterocycles. The number of carbonyl (C=O) groups is 1. The van der Waals surface area contributed by atoms with Gasteiger partial charge < -0.3 is 9.84 Å². The van der Waals surface area contributed by atoms with Gasteiger partial charge in [-0.05, 0) is 30.9 Å². The number of aromatic nitrogens is 2. The first kappa shape index (κ1) is 15.4. The van der Waals surface area contributed by atoms with Gasteiger partial charge in [-0.25, -0.2) is 0 Å². The average molecular weight is 306 g/mol. The molecule has 2 aromatic rings. The van der Waals surface area contributed by atoms with Gasteiger partial charge in [0.2, 0.25) is 0 Å². The fraction of sp³-hybridized carbons (Fsp3) is 0.333. The fourth-order valence-electron chi connectivity index (χ4n) is 2.35. The number of hydrogen-bond donors (Lipinski definition) is 2. The number of H-pyrrole nitrogens is 2. The molecule has 2 rings (SSSR count). The number of ether oxygens (including phenoxy) is 1. The Bertz CT molecular complexity index is 673. The second kappa shape index (κ2) is 6.67. The summed E-state index contributed by atoms with van der Waals surface area (Å²) in [4.78, 5) is 24.8. The largest absolute Gasteiger partial charge is 0.469 e. The first-order chi connectivity index (χ1) is 10.1. The second-order valence-electron chi connectivity index (χ2n) is 4.72. The lowest BCUT2D eigenvalue weighted by atomic mass is 9.89. The van der Waals surface area contributed by atoms with Crippen molar-refractivity contribution in [3.8, 4) is 0 Å².